The Morgan fingerprint density at radius 1 is 0.611 bits per heavy atom. The van der Waals surface area contributed by atoms with E-state index in [4.69, 9.17) is 5.84 Å². The molecule has 36 heavy (non-hydrogen) atoms. The highest BCUT2D eigenvalue weighted by Gasteiger charge is 2.26. The molecule has 0 aliphatic carbocycles. The molecular formula is C28H18N4O2S2. The lowest BCUT2D eigenvalue weighted by atomic mass is 10.1. The predicted molar refractivity (Wildman–Crippen MR) is 145 cm³/mol. The van der Waals surface area contributed by atoms with Gasteiger partial charge in [-0.05, 0) is 21.5 Å². The van der Waals surface area contributed by atoms with Gasteiger partial charge in [-0.25, -0.2) is 20.8 Å². The van der Waals surface area contributed by atoms with Crippen LogP contribution in [0.2, 0.25) is 0 Å². The molecule has 174 valence electrons. The summed E-state index contributed by atoms with van der Waals surface area (Å²) in [6.07, 6.45) is 0. The van der Waals surface area contributed by atoms with Crippen LogP contribution in [0.3, 0.4) is 0 Å². The van der Waals surface area contributed by atoms with E-state index in [-0.39, 0.29) is 11.4 Å². The van der Waals surface area contributed by atoms with E-state index in [1.807, 2.05) is 84.9 Å². The van der Waals surface area contributed by atoms with Gasteiger partial charge in [0.2, 0.25) is 0 Å². The first-order valence-corrected chi connectivity index (χ1v) is 12.9. The summed E-state index contributed by atoms with van der Waals surface area (Å²) >= 11 is 2.67. The molecular weight excluding hydrogens is 488 g/mol. The second-order valence-corrected chi connectivity index (χ2v) is 9.83. The summed E-state index contributed by atoms with van der Waals surface area (Å²) < 4.78 is 0. The molecule has 0 aliphatic rings. The van der Waals surface area contributed by atoms with Crippen molar-refractivity contribution in [1.29, 1.82) is 0 Å². The van der Waals surface area contributed by atoms with Gasteiger partial charge in [0, 0.05) is 21.9 Å². The van der Waals surface area contributed by atoms with Gasteiger partial charge in [-0.2, -0.15) is 0 Å². The number of hydrogen-bond acceptors (Lipinski definition) is 7. The summed E-state index contributed by atoms with van der Waals surface area (Å²) in [4.78, 5) is 35.0. The number of nitrogens with zero attached hydrogens (tertiary/aromatic N) is 3. The molecule has 2 heterocycles. The molecule has 0 saturated carbocycles. The summed E-state index contributed by atoms with van der Waals surface area (Å²) in [5.74, 6) is 4.61. The normalized spacial score (nSPS) is 11.1. The van der Waals surface area contributed by atoms with E-state index in [0.717, 1.165) is 32.7 Å². The Hall–Kier alpha value is -4.24. The second-order valence-electron chi connectivity index (χ2n) is 8.11. The number of carbonyl (C=O) groups is 2. The van der Waals surface area contributed by atoms with E-state index in [1.165, 1.54) is 22.7 Å². The van der Waals surface area contributed by atoms with E-state index >= 15 is 0 Å². The van der Waals surface area contributed by atoms with Gasteiger partial charge in [-0.3, -0.25) is 9.59 Å². The average Bonchev–Trinajstić information content (AvgIpc) is 3.62. The summed E-state index contributed by atoms with van der Waals surface area (Å²) in [6, 6.07) is 27.9. The van der Waals surface area contributed by atoms with Gasteiger partial charge in [0.15, 0.2) is 0 Å². The third-order valence-corrected chi connectivity index (χ3v) is 7.68. The van der Waals surface area contributed by atoms with E-state index in [9.17, 15) is 9.59 Å². The number of hydrogen-bond donors (Lipinski definition) is 1. The molecule has 4 aromatic carbocycles. The topological polar surface area (TPSA) is 89.2 Å². The monoisotopic (exact) mass is 506 g/mol. The van der Waals surface area contributed by atoms with Crippen LogP contribution in [0, 0.1) is 0 Å². The Bertz CT molecular complexity index is 1630. The molecule has 6 nitrogen and oxygen atoms in total. The second kappa shape index (κ2) is 9.09. The van der Waals surface area contributed by atoms with Crippen molar-refractivity contribution in [2.24, 2.45) is 5.84 Å². The Morgan fingerprint density at radius 2 is 1.03 bits per heavy atom. The van der Waals surface area contributed by atoms with Crippen LogP contribution >= 0.6 is 22.7 Å². The minimum atomic E-state index is -0.678. The van der Waals surface area contributed by atoms with Gasteiger partial charge < -0.3 is 0 Å². The molecule has 2 aromatic heterocycles. The molecule has 0 unspecified atom stereocenters. The predicted octanol–water partition coefficient (Wildman–Crippen LogP) is 6.40. The molecule has 0 aliphatic heterocycles. The van der Waals surface area contributed by atoms with Crippen LogP contribution < -0.4 is 5.84 Å². The highest BCUT2D eigenvalue weighted by molar-refractivity contribution is 7.13. The molecule has 0 radical (unpaired) electrons. The van der Waals surface area contributed by atoms with E-state index < -0.39 is 11.8 Å². The molecule has 6 rings (SSSR count). The van der Waals surface area contributed by atoms with Crippen LogP contribution in [-0.4, -0.2) is 26.8 Å². The zero-order chi connectivity index (χ0) is 24.6. The fourth-order valence-corrected chi connectivity index (χ4v) is 5.82. The zero-order valence-corrected chi connectivity index (χ0v) is 20.4. The summed E-state index contributed by atoms with van der Waals surface area (Å²) in [5, 5.41) is 9.44. The quantitative estimate of drug-likeness (QED) is 0.129. The average molecular weight is 507 g/mol. The molecule has 0 bridgehead atoms. The highest BCUT2D eigenvalue weighted by atomic mass is 32.1. The molecule has 0 spiro atoms. The van der Waals surface area contributed by atoms with Crippen LogP contribution in [0.5, 0.6) is 0 Å². The first kappa shape index (κ1) is 22.2. The van der Waals surface area contributed by atoms with Gasteiger partial charge in [-0.1, -0.05) is 84.9 Å². The molecule has 0 fully saturated rings. The van der Waals surface area contributed by atoms with Crippen LogP contribution in [0.15, 0.2) is 95.7 Å². The number of rotatable bonds is 4. The molecule has 0 saturated heterocycles. The van der Waals surface area contributed by atoms with Crippen molar-refractivity contribution < 1.29 is 9.59 Å². The number of aromatic nitrogens is 2. The number of imide groups is 1. The van der Waals surface area contributed by atoms with Gasteiger partial charge in [-0.15, -0.1) is 22.7 Å². The van der Waals surface area contributed by atoms with Crippen LogP contribution in [0.4, 0.5) is 0 Å². The lowest BCUT2D eigenvalue weighted by Gasteiger charge is -2.11. The minimum Gasteiger partial charge on any atom is -0.265 e. The van der Waals surface area contributed by atoms with Crippen LogP contribution in [0.1, 0.15) is 21.0 Å². The van der Waals surface area contributed by atoms with E-state index in [0.29, 0.717) is 15.0 Å². The van der Waals surface area contributed by atoms with Crippen molar-refractivity contribution in [2.45, 2.75) is 0 Å². The van der Waals surface area contributed by atoms with Crippen LogP contribution in [0.25, 0.3) is 42.7 Å². The molecule has 0 atom stereocenters. The number of fused-ring (bicyclic) bond motifs is 2. The first-order valence-electron chi connectivity index (χ1n) is 11.1. The van der Waals surface area contributed by atoms with E-state index in [2.05, 4.69) is 9.97 Å². The van der Waals surface area contributed by atoms with Gasteiger partial charge >= 0.3 is 0 Å². The number of hydrazine groups is 1. The Balaban J connectivity index is 1.26. The molecule has 2 amide bonds. The molecule has 2 N–H and O–H groups in total. The number of thiazole rings is 2. The molecule has 8 heteroatoms. The fourth-order valence-electron chi connectivity index (χ4n) is 4.15. The lowest BCUT2D eigenvalue weighted by molar-refractivity contribution is 0.0609. The van der Waals surface area contributed by atoms with E-state index in [1.54, 1.807) is 10.8 Å². The minimum absolute atomic E-state index is 0.114. The first-order chi connectivity index (χ1) is 17.6. The Labute approximate surface area is 214 Å². The summed E-state index contributed by atoms with van der Waals surface area (Å²) in [7, 11) is 0. The van der Waals surface area contributed by atoms with Gasteiger partial charge in [0.05, 0.1) is 0 Å². The fraction of sp³-hybridized carbons (Fsp3) is 0. The number of benzene rings is 4. The summed E-state index contributed by atoms with van der Waals surface area (Å²) in [5.41, 5.74) is 2.07. The van der Waals surface area contributed by atoms with Crippen molar-refractivity contribution in [3.63, 3.8) is 0 Å². The third-order valence-electron chi connectivity index (χ3n) is 5.92. The zero-order valence-electron chi connectivity index (χ0n) is 18.8. The van der Waals surface area contributed by atoms with Crippen LogP contribution in [-0.2, 0) is 0 Å². The Kier molecular flexibility index (Phi) is 5.61. The SMILES string of the molecule is NN(C(=O)c1csc(-c2cccc3ccccc23)n1)C(=O)c1csc(-c2cccc3ccccc23)n1. The van der Waals surface area contributed by atoms with Crippen molar-refractivity contribution in [2.75, 3.05) is 0 Å². The van der Waals surface area contributed by atoms with Gasteiger partial charge in [0.25, 0.3) is 11.8 Å². The summed E-state index contributed by atoms with van der Waals surface area (Å²) in [6.45, 7) is 0. The maximum absolute atomic E-state index is 13.0. The maximum Gasteiger partial charge on any atom is 0.294 e. The number of carbonyl (C=O) groups excluding carboxylic acids is 2. The lowest BCUT2D eigenvalue weighted by Crippen LogP contribution is -2.42. The third kappa shape index (κ3) is 3.87. The standard InChI is InChI=1S/C28H18N4O2S2/c29-32(27(33)23-15-35-25(30-23)21-13-5-9-17-7-1-3-11-19(17)21)28(34)24-16-36-26(31-24)22-14-6-10-18-8-2-4-12-20(18)22/h1-16H,29H2. The Morgan fingerprint density at radius 3 is 1.50 bits per heavy atom. The van der Waals surface area contributed by atoms with Crippen molar-refractivity contribution >= 4 is 56.0 Å². The number of nitrogens with two attached hydrogens (primary N) is 1. The van der Waals surface area contributed by atoms with Crippen molar-refractivity contribution in [1.82, 2.24) is 15.0 Å². The number of amides is 2. The smallest absolute Gasteiger partial charge is 0.265 e. The highest BCUT2D eigenvalue weighted by Crippen LogP contribution is 2.32. The van der Waals surface area contributed by atoms with Crippen molar-refractivity contribution in [3.8, 4) is 21.1 Å². The molecule has 6 aromatic rings. The van der Waals surface area contributed by atoms with Gasteiger partial charge in [0.1, 0.15) is 21.4 Å². The maximum atomic E-state index is 13.0. The van der Waals surface area contributed by atoms with Crippen molar-refractivity contribution in [3.05, 3.63) is 107 Å². The largest absolute Gasteiger partial charge is 0.294 e.